The van der Waals surface area contributed by atoms with Crippen LogP contribution in [-0.2, 0) is 11.2 Å². The lowest BCUT2D eigenvalue weighted by Gasteiger charge is -2.16. The van der Waals surface area contributed by atoms with Gasteiger partial charge in [0, 0.05) is 12.6 Å². The van der Waals surface area contributed by atoms with E-state index in [0.29, 0.717) is 17.6 Å². The van der Waals surface area contributed by atoms with Crippen molar-refractivity contribution in [3.8, 4) is 0 Å². The number of aliphatic hydroxyl groups excluding tert-OH is 3. The number of fused-ring (bicyclic) bond motifs is 1. The SMILES string of the molecule is Nc1nc(N/N=C/Cc2ccccc2)nc2c1ncn2C1OC(CO)C(O)C1O. The molecule has 2 aromatic heterocycles. The fraction of sp³-hybridized carbons (Fsp3) is 0.333. The van der Waals surface area contributed by atoms with Crippen LogP contribution in [0, 0.1) is 0 Å². The number of anilines is 2. The Morgan fingerprint density at radius 2 is 2.00 bits per heavy atom. The highest BCUT2D eigenvalue weighted by molar-refractivity contribution is 5.83. The predicted octanol–water partition coefficient (Wildman–Crippen LogP) is -0.340. The average Bonchev–Trinajstić information content (AvgIpc) is 3.28. The number of aromatic nitrogens is 4. The molecule has 29 heavy (non-hydrogen) atoms. The van der Waals surface area contributed by atoms with Crippen molar-refractivity contribution >= 4 is 29.1 Å². The highest BCUT2D eigenvalue weighted by atomic mass is 16.6. The molecule has 0 radical (unpaired) electrons. The number of ether oxygens (including phenoxy) is 1. The van der Waals surface area contributed by atoms with Crippen molar-refractivity contribution in [3.05, 3.63) is 42.2 Å². The highest BCUT2D eigenvalue weighted by Crippen LogP contribution is 2.32. The van der Waals surface area contributed by atoms with Crippen LogP contribution in [0.2, 0.25) is 0 Å². The minimum Gasteiger partial charge on any atom is -0.394 e. The van der Waals surface area contributed by atoms with E-state index in [9.17, 15) is 15.3 Å². The van der Waals surface area contributed by atoms with E-state index in [4.69, 9.17) is 10.5 Å². The van der Waals surface area contributed by atoms with Crippen LogP contribution >= 0.6 is 0 Å². The van der Waals surface area contributed by atoms with Crippen molar-refractivity contribution in [1.82, 2.24) is 19.5 Å². The summed E-state index contributed by atoms with van der Waals surface area (Å²) in [6.07, 6.45) is -0.682. The first-order chi connectivity index (χ1) is 14.1. The van der Waals surface area contributed by atoms with Gasteiger partial charge in [0.15, 0.2) is 17.7 Å². The second kappa shape index (κ2) is 8.09. The number of nitrogen functional groups attached to an aromatic ring is 1. The summed E-state index contributed by atoms with van der Waals surface area (Å²) >= 11 is 0. The smallest absolute Gasteiger partial charge is 0.247 e. The zero-order valence-electron chi connectivity index (χ0n) is 15.3. The van der Waals surface area contributed by atoms with Gasteiger partial charge in [0.1, 0.15) is 23.8 Å². The number of hydrazone groups is 1. The van der Waals surface area contributed by atoms with Crippen LogP contribution in [0.1, 0.15) is 11.8 Å². The van der Waals surface area contributed by atoms with E-state index in [2.05, 4.69) is 25.5 Å². The van der Waals surface area contributed by atoms with Crippen LogP contribution in [0.15, 0.2) is 41.8 Å². The van der Waals surface area contributed by atoms with E-state index in [1.54, 1.807) is 6.21 Å². The van der Waals surface area contributed by atoms with E-state index in [1.807, 2.05) is 30.3 Å². The molecule has 1 aromatic carbocycles. The Bertz CT molecular complexity index is 1010. The number of aliphatic hydroxyl groups is 3. The molecule has 1 saturated heterocycles. The van der Waals surface area contributed by atoms with Crippen LogP contribution in [0.5, 0.6) is 0 Å². The first kappa shape index (κ1) is 19.2. The standard InChI is InChI=1S/C18H21N7O4/c19-15-12-16(25(9-20-12)17-14(28)13(27)11(8-26)29-17)23-18(22-15)24-21-7-6-10-4-2-1-3-5-10/h1-5,7,9,11,13-14,17,26-28H,6,8H2,(H3,19,22,23,24)/b21-7+. The molecule has 152 valence electrons. The number of hydrogen-bond acceptors (Lipinski definition) is 10. The van der Waals surface area contributed by atoms with Crippen molar-refractivity contribution in [2.45, 2.75) is 31.0 Å². The number of rotatable bonds is 6. The second-order valence-electron chi connectivity index (χ2n) is 6.60. The quantitative estimate of drug-likeness (QED) is 0.275. The maximum atomic E-state index is 10.3. The minimum atomic E-state index is -1.26. The number of imidazole rings is 1. The summed E-state index contributed by atoms with van der Waals surface area (Å²) in [6.45, 7) is -0.429. The molecule has 0 amide bonds. The Hall–Kier alpha value is -3.12. The van der Waals surface area contributed by atoms with Crippen LogP contribution < -0.4 is 11.2 Å². The Morgan fingerprint density at radius 1 is 1.21 bits per heavy atom. The molecule has 0 spiro atoms. The highest BCUT2D eigenvalue weighted by Gasteiger charge is 2.44. The summed E-state index contributed by atoms with van der Waals surface area (Å²) < 4.78 is 6.98. The molecule has 11 nitrogen and oxygen atoms in total. The molecule has 3 heterocycles. The zero-order chi connectivity index (χ0) is 20.4. The van der Waals surface area contributed by atoms with Gasteiger partial charge in [-0.05, 0) is 5.56 Å². The third-order valence-corrected chi connectivity index (χ3v) is 4.67. The van der Waals surface area contributed by atoms with Gasteiger partial charge in [-0.3, -0.25) is 4.57 Å². The van der Waals surface area contributed by atoms with Crippen molar-refractivity contribution in [2.24, 2.45) is 5.10 Å². The Balaban J connectivity index is 1.55. The van der Waals surface area contributed by atoms with Gasteiger partial charge in [-0.25, -0.2) is 10.4 Å². The van der Waals surface area contributed by atoms with Gasteiger partial charge in [0.05, 0.1) is 12.9 Å². The lowest BCUT2D eigenvalue weighted by atomic mass is 10.1. The third-order valence-electron chi connectivity index (χ3n) is 4.67. The van der Waals surface area contributed by atoms with Crippen LogP contribution in [0.4, 0.5) is 11.8 Å². The fourth-order valence-corrected chi connectivity index (χ4v) is 3.15. The Morgan fingerprint density at radius 3 is 2.72 bits per heavy atom. The molecule has 4 atom stereocenters. The summed E-state index contributed by atoms with van der Waals surface area (Å²) in [5, 5.41) is 33.6. The first-order valence-corrected chi connectivity index (χ1v) is 9.02. The van der Waals surface area contributed by atoms with Gasteiger partial charge >= 0.3 is 0 Å². The predicted molar refractivity (Wildman–Crippen MR) is 105 cm³/mol. The molecule has 0 bridgehead atoms. The fourth-order valence-electron chi connectivity index (χ4n) is 3.15. The topological polar surface area (TPSA) is 164 Å². The van der Waals surface area contributed by atoms with Crippen molar-refractivity contribution in [2.75, 3.05) is 17.8 Å². The summed E-state index contributed by atoms with van der Waals surface area (Å²) in [6, 6.07) is 9.83. The number of nitrogens with zero attached hydrogens (tertiary/aromatic N) is 5. The molecule has 3 aromatic rings. The van der Waals surface area contributed by atoms with E-state index < -0.39 is 31.1 Å². The normalized spacial score (nSPS) is 24.5. The van der Waals surface area contributed by atoms with Gasteiger partial charge < -0.3 is 25.8 Å². The van der Waals surface area contributed by atoms with E-state index in [0.717, 1.165) is 5.56 Å². The molecule has 4 rings (SSSR count). The maximum Gasteiger partial charge on any atom is 0.247 e. The van der Waals surface area contributed by atoms with Gasteiger partial charge in [-0.1, -0.05) is 30.3 Å². The van der Waals surface area contributed by atoms with Crippen LogP contribution in [0.3, 0.4) is 0 Å². The van der Waals surface area contributed by atoms with Gasteiger partial charge in [-0.15, -0.1) is 0 Å². The van der Waals surface area contributed by atoms with E-state index >= 15 is 0 Å². The molecule has 0 aliphatic carbocycles. The molecule has 1 aliphatic heterocycles. The molecular weight excluding hydrogens is 378 g/mol. The third kappa shape index (κ3) is 3.76. The summed E-state index contributed by atoms with van der Waals surface area (Å²) in [5.74, 6) is 0.272. The lowest BCUT2D eigenvalue weighted by molar-refractivity contribution is -0.0511. The molecule has 6 N–H and O–H groups in total. The Kier molecular flexibility index (Phi) is 5.36. The first-order valence-electron chi connectivity index (χ1n) is 9.02. The Labute approximate surface area is 165 Å². The van der Waals surface area contributed by atoms with Crippen molar-refractivity contribution in [1.29, 1.82) is 0 Å². The van der Waals surface area contributed by atoms with Gasteiger partial charge in [0.2, 0.25) is 5.95 Å². The number of nitrogens with two attached hydrogens (primary N) is 1. The zero-order valence-corrected chi connectivity index (χ0v) is 15.3. The largest absolute Gasteiger partial charge is 0.394 e. The van der Waals surface area contributed by atoms with Gasteiger partial charge in [0.25, 0.3) is 0 Å². The molecule has 1 aliphatic rings. The molecular formula is C18H21N7O4. The van der Waals surface area contributed by atoms with Crippen LogP contribution in [-0.4, -0.2) is 66.0 Å². The number of benzene rings is 1. The van der Waals surface area contributed by atoms with Crippen molar-refractivity contribution < 1.29 is 20.1 Å². The lowest BCUT2D eigenvalue weighted by Crippen LogP contribution is -2.33. The maximum absolute atomic E-state index is 10.3. The molecule has 1 fully saturated rings. The minimum absolute atomic E-state index is 0.126. The molecule has 11 heteroatoms. The van der Waals surface area contributed by atoms with E-state index in [1.165, 1.54) is 10.9 Å². The second-order valence-corrected chi connectivity index (χ2v) is 6.60. The summed E-state index contributed by atoms with van der Waals surface area (Å²) in [4.78, 5) is 12.6. The average molecular weight is 399 g/mol. The summed E-state index contributed by atoms with van der Waals surface area (Å²) in [7, 11) is 0. The van der Waals surface area contributed by atoms with Crippen molar-refractivity contribution in [3.63, 3.8) is 0 Å². The van der Waals surface area contributed by atoms with Crippen LogP contribution in [0.25, 0.3) is 11.2 Å². The monoisotopic (exact) mass is 399 g/mol. The number of nitrogens with one attached hydrogen (secondary N) is 1. The molecule has 4 unspecified atom stereocenters. The van der Waals surface area contributed by atoms with Gasteiger partial charge in [-0.2, -0.15) is 15.1 Å². The number of hydrogen-bond donors (Lipinski definition) is 5. The van der Waals surface area contributed by atoms with E-state index in [-0.39, 0.29) is 11.8 Å². The summed E-state index contributed by atoms with van der Waals surface area (Å²) in [5.41, 5.74) is 10.4. The molecule has 0 saturated carbocycles.